The van der Waals surface area contributed by atoms with Crippen LogP contribution in [0.2, 0.25) is 0 Å². The fraction of sp³-hybridized carbons (Fsp3) is 0.294. The number of carbonyl (C=O) groups is 2. The number of carbonyl (C=O) groups excluding carboxylic acids is 2. The van der Waals surface area contributed by atoms with Crippen molar-refractivity contribution in [3.63, 3.8) is 0 Å². The lowest BCUT2D eigenvalue weighted by Crippen LogP contribution is -2.41. The molecule has 1 saturated heterocycles. The van der Waals surface area contributed by atoms with Gasteiger partial charge in [0, 0.05) is 13.1 Å². The third-order valence-corrected chi connectivity index (χ3v) is 3.93. The number of hydrogen-bond acceptors (Lipinski definition) is 4. The Bertz CT molecular complexity index is 690. The Hall–Kier alpha value is -2.63. The maximum atomic E-state index is 13.5. The van der Waals surface area contributed by atoms with E-state index in [4.69, 9.17) is 9.15 Å². The average molecular weight is 317 g/mol. The van der Waals surface area contributed by atoms with Crippen molar-refractivity contribution < 1.29 is 23.1 Å². The van der Waals surface area contributed by atoms with Gasteiger partial charge in [-0.15, -0.1) is 0 Å². The van der Waals surface area contributed by atoms with Gasteiger partial charge in [-0.3, -0.25) is 9.59 Å². The molecule has 0 radical (unpaired) electrons. The largest absolute Gasteiger partial charge is 0.472 e. The number of ether oxygens (including phenoxy) is 1. The van der Waals surface area contributed by atoms with Crippen molar-refractivity contribution in [2.45, 2.75) is 12.8 Å². The van der Waals surface area contributed by atoms with E-state index in [1.54, 1.807) is 17.0 Å². The molecule has 1 fully saturated rings. The number of esters is 1. The SMILES string of the molecule is O=C(Oc1ccccc1F)C1CCN(C(=O)c2ccoc2)CC1. The molecule has 1 aliphatic heterocycles. The molecule has 2 aromatic rings. The van der Waals surface area contributed by atoms with E-state index in [2.05, 4.69) is 0 Å². The Kier molecular flexibility index (Phi) is 4.41. The minimum absolute atomic E-state index is 0.0607. The third kappa shape index (κ3) is 3.41. The van der Waals surface area contributed by atoms with E-state index in [1.165, 1.54) is 30.7 Å². The maximum Gasteiger partial charge on any atom is 0.314 e. The van der Waals surface area contributed by atoms with E-state index in [9.17, 15) is 14.0 Å². The molecule has 3 rings (SSSR count). The molecular weight excluding hydrogens is 301 g/mol. The lowest BCUT2D eigenvalue weighted by Gasteiger charge is -2.30. The van der Waals surface area contributed by atoms with E-state index in [-0.39, 0.29) is 17.6 Å². The van der Waals surface area contributed by atoms with Crippen molar-refractivity contribution >= 4 is 11.9 Å². The first-order valence-electron chi connectivity index (χ1n) is 7.43. The Labute approximate surface area is 132 Å². The summed E-state index contributed by atoms with van der Waals surface area (Å²) in [6.07, 6.45) is 3.85. The van der Waals surface area contributed by atoms with Crippen LogP contribution in [0.5, 0.6) is 5.75 Å². The number of hydrogen-bond donors (Lipinski definition) is 0. The maximum absolute atomic E-state index is 13.5. The Morgan fingerprint density at radius 1 is 1.17 bits per heavy atom. The van der Waals surface area contributed by atoms with Crippen LogP contribution < -0.4 is 4.74 Å². The molecule has 1 aliphatic rings. The summed E-state index contributed by atoms with van der Waals surface area (Å²) in [5, 5.41) is 0. The normalized spacial score (nSPS) is 15.4. The Morgan fingerprint density at radius 3 is 2.57 bits per heavy atom. The minimum atomic E-state index is -0.562. The second-order valence-electron chi connectivity index (χ2n) is 5.43. The van der Waals surface area contributed by atoms with Crippen molar-refractivity contribution in [1.82, 2.24) is 4.90 Å². The lowest BCUT2D eigenvalue weighted by atomic mass is 9.96. The number of rotatable bonds is 3. The molecule has 0 unspecified atom stereocenters. The number of para-hydroxylation sites is 1. The first-order chi connectivity index (χ1) is 11.1. The van der Waals surface area contributed by atoms with Crippen molar-refractivity contribution in [3.8, 4) is 5.75 Å². The fourth-order valence-electron chi connectivity index (χ4n) is 2.61. The molecule has 0 N–H and O–H groups in total. The number of furan rings is 1. The summed E-state index contributed by atoms with van der Waals surface area (Å²) in [6, 6.07) is 7.42. The van der Waals surface area contributed by atoms with Gasteiger partial charge in [0.25, 0.3) is 5.91 Å². The quantitative estimate of drug-likeness (QED) is 0.645. The van der Waals surface area contributed by atoms with Gasteiger partial charge < -0.3 is 14.1 Å². The molecule has 5 nitrogen and oxygen atoms in total. The minimum Gasteiger partial charge on any atom is -0.472 e. The second kappa shape index (κ2) is 6.64. The number of amides is 1. The number of halogens is 1. The highest BCUT2D eigenvalue weighted by molar-refractivity contribution is 5.94. The number of benzene rings is 1. The molecule has 1 aromatic carbocycles. The van der Waals surface area contributed by atoms with Gasteiger partial charge >= 0.3 is 5.97 Å². The van der Waals surface area contributed by atoms with Crippen LogP contribution in [-0.4, -0.2) is 29.9 Å². The van der Waals surface area contributed by atoms with Crippen LogP contribution in [-0.2, 0) is 4.79 Å². The van der Waals surface area contributed by atoms with Gasteiger partial charge in [0.1, 0.15) is 6.26 Å². The number of likely N-dealkylation sites (tertiary alicyclic amines) is 1. The first-order valence-corrected chi connectivity index (χ1v) is 7.43. The van der Waals surface area contributed by atoms with Gasteiger partial charge in [-0.2, -0.15) is 0 Å². The van der Waals surface area contributed by atoms with E-state index < -0.39 is 11.8 Å². The first kappa shape index (κ1) is 15.3. The molecule has 0 bridgehead atoms. The topological polar surface area (TPSA) is 59.8 Å². The van der Waals surface area contributed by atoms with E-state index in [0.29, 0.717) is 31.5 Å². The zero-order valence-corrected chi connectivity index (χ0v) is 12.4. The highest BCUT2D eigenvalue weighted by Crippen LogP contribution is 2.23. The van der Waals surface area contributed by atoms with Gasteiger partial charge in [-0.05, 0) is 31.0 Å². The lowest BCUT2D eigenvalue weighted by molar-refractivity contribution is -0.140. The molecule has 0 saturated carbocycles. The molecule has 120 valence electrons. The molecule has 0 aliphatic carbocycles. The molecule has 0 spiro atoms. The molecule has 23 heavy (non-hydrogen) atoms. The predicted molar refractivity (Wildman–Crippen MR) is 79.4 cm³/mol. The van der Waals surface area contributed by atoms with Crippen LogP contribution in [0, 0.1) is 11.7 Å². The van der Waals surface area contributed by atoms with E-state index >= 15 is 0 Å². The molecule has 1 amide bonds. The van der Waals surface area contributed by atoms with Crippen LogP contribution >= 0.6 is 0 Å². The molecule has 0 atom stereocenters. The average Bonchev–Trinajstić information content (AvgIpc) is 3.11. The highest BCUT2D eigenvalue weighted by atomic mass is 19.1. The van der Waals surface area contributed by atoms with Crippen molar-refractivity contribution in [2.24, 2.45) is 5.92 Å². The third-order valence-electron chi connectivity index (χ3n) is 3.93. The summed E-state index contributed by atoms with van der Waals surface area (Å²) in [7, 11) is 0. The van der Waals surface area contributed by atoms with Crippen LogP contribution in [0.3, 0.4) is 0 Å². The second-order valence-corrected chi connectivity index (χ2v) is 5.43. The van der Waals surface area contributed by atoms with Gasteiger partial charge in [0.05, 0.1) is 17.7 Å². The monoisotopic (exact) mass is 317 g/mol. The standard InChI is InChI=1S/C17H16FNO4/c18-14-3-1-2-4-15(14)23-17(21)12-5-8-19(9-6-12)16(20)13-7-10-22-11-13/h1-4,7,10-12H,5-6,8-9H2. The summed E-state index contributed by atoms with van der Waals surface area (Å²) in [6.45, 7) is 0.919. The zero-order chi connectivity index (χ0) is 16.2. The number of nitrogens with zero attached hydrogens (tertiary/aromatic N) is 1. The smallest absolute Gasteiger partial charge is 0.314 e. The van der Waals surface area contributed by atoms with Gasteiger partial charge in [0.15, 0.2) is 11.6 Å². The molecular formula is C17H16FNO4. The van der Waals surface area contributed by atoms with Crippen molar-refractivity contribution in [2.75, 3.05) is 13.1 Å². The number of piperidine rings is 1. The van der Waals surface area contributed by atoms with Crippen LogP contribution in [0.15, 0.2) is 47.3 Å². The summed E-state index contributed by atoms with van der Waals surface area (Å²) in [5.74, 6) is -1.52. The fourth-order valence-corrected chi connectivity index (χ4v) is 2.61. The molecule has 1 aromatic heterocycles. The van der Waals surface area contributed by atoms with Gasteiger partial charge in [-0.1, -0.05) is 12.1 Å². The predicted octanol–water partition coefficient (Wildman–Crippen LogP) is 2.88. The molecule has 6 heteroatoms. The summed E-state index contributed by atoms with van der Waals surface area (Å²) in [5.41, 5.74) is 0.498. The van der Waals surface area contributed by atoms with Crippen molar-refractivity contribution in [3.05, 3.63) is 54.2 Å². The van der Waals surface area contributed by atoms with Crippen molar-refractivity contribution in [1.29, 1.82) is 0 Å². The summed E-state index contributed by atoms with van der Waals surface area (Å²) >= 11 is 0. The van der Waals surface area contributed by atoms with Crippen LogP contribution in [0.1, 0.15) is 23.2 Å². The highest BCUT2D eigenvalue weighted by Gasteiger charge is 2.29. The summed E-state index contributed by atoms with van der Waals surface area (Å²) in [4.78, 5) is 26.0. The Balaban J connectivity index is 1.55. The van der Waals surface area contributed by atoms with Gasteiger partial charge in [0.2, 0.25) is 0 Å². The van der Waals surface area contributed by atoms with E-state index in [1.807, 2.05) is 0 Å². The zero-order valence-electron chi connectivity index (χ0n) is 12.4. The van der Waals surface area contributed by atoms with Crippen LogP contribution in [0.25, 0.3) is 0 Å². The van der Waals surface area contributed by atoms with E-state index in [0.717, 1.165) is 0 Å². The Morgan fingerprint density at radius 2 is 1.91 bits per heavy atom. The summed E-state index contributed by atoms with van der Waals surface area (Å²) < 4.78 is 23.5. The van der Waals surface area contributed by atoms with Gasteiger partial charge in [-0.25, -0.2) is 4.39 Å². The molecule has 2 heterocycles. The van der Waals surface area contributed by atoms with Crippen LogP contribution in [0.4, 0.5) is 4.39 Å².